The number of nitrogens with zero attached hydrogens (tertiary/aromatic N) is 3. The Morgan fingerprint density at radius 2 is 2.24 bits per heavy atom. The number of benzene rings is 1. The normalized spacial score (nSPS) is 17.1. The minimum Gasteiger partial charge on any atom is -0.493 e. The number of ether oxygens (including phenoxy) is 3. The van der Waals surface area contributed by atoms with Gasteiger partial charge in [0, 0.05) is 30.8 Å². The third-order valence-electron chi connectivity index (χ3n) is 5.28. The van der Waals surface area contributed by atoms with Gasteiger partial charge in [0.05, 0.1) is 32.6 Å². The number of hydrogen-bond donors (Lipinski definition) is 1. The Labute approximate surface area is 171 Å². The number of hydrogen-bond acceptors (Lipinski definition) is 5. The van der Waals surface area contributed by atoms with E-state index >= 15 is 0 Å². The Hall–Kier alpha value is -2.74. The quantitative estimate of drug-likeness (QED) is 0.690. The van der Waals surface area contributed by atoms with E-state index in [0.717, 1.165) is 24.1 Å². The Morgan fingerprint density at radius 3 is 2.90 bits per heavy atom. The molecule has 1 aliphatic heterocycles. The molecule has 1 saturated heterocycles. The number of methoxy groups -OCH3 is 1. The lowest BCUT2D eigenvalue weighted by Crippen LogP contribution is -2.39. The van der Waals surface area contributed by atoms with Crippen molar-refractivity contribution in [3.63, 3.8) is 0 Å². The lowest BCUT2D eigenvalue weighted by atomic mass is 10.1. The van der Waals surface area contributed by atoms with E-state index in [0.29, 0.717) is 37.8 Å². The van der Waals surface area contributed by atoms with Crippen LogP contribution in [0.2, 0.25) is 0 Å². The summed E-state index contributed by atoms with van der Waals surface area (Å²) in [6.45, 7) is 6.02. The van der Waals surface area contributed by atoms with Crippen LogP contribution in [0.1, 0.15) is 26.7 Å². The first-order valence-electron chi connectivity index (χ1n) is 9.97. The molecule has 2 atom stereocenters. The molecule has 29 heavy (non-hydrogen) atoms. The van der Waals surface area contributed by atoms with E-state index in [1.54, 1.807) is 13.3 Å². The van der Waals surface area contributed by atoms with Crippen molar-refractivity contribution in [1.29, 1.82) is 0 Å². The van der Waals surface area contributed by atoms with E-state index in [2.05, 4.69) is 5.10 Å². The fraction of sp³-hybridized carbons (Fsp3) is 0.524. The van der Waals surface area contributed by atoms with Crippen LogP contribution in [0.3, 0.4) is 0 Å². The summed E-state index contributed by atoms with van der Waals surface area (Å²) in [5, 5.41) is 13.9. The standard InChI is InChI=1S/C21H29N3O5/c1-4-15(2)23(21(25)26)10-11-24-18(7-9-22-24)16-5-6-19(27-3)20(13-16)29-17-8-12-28-14-17/h5-7,9,13,15,17H,4,8,10-12,14H2,1-3H3,(H,25,26)/t15?,17-/m1/s1. The molecule has 158 valence electrons. The summed E-state index contributed by atoms with van der Waals surface area (Å²) in [7, 11) is 1.62. The van der Waals surface area contributed by atoms with E-state index < -0.39 is 6.09 Å². The average molecular weight is 403 g/mol. The molecule has 0 saturated carbocycles. The molecule has 1 N–H and O–H groups in total. The Kier molecular flexibility index (Phi) is 6.98. The summed E-state index contributed by atoms with van der Waals surface area (Å²) in [5.74, 6) is 1.33. The summed E-state index contributed by atoms with van der Waals surface area (Å²) < 4.78 is 18.7. The van der Waals surface area contributed by atoms with Crippen LogP contribution in [-0.4, -0.2) is 64.9 Å². The maximum atomic E-state index is 11.5. The fourth-order valence-electron chi connectivity index (χ4n) is 3.40. The summed E-state index contributed by atoms with van der Waals surface area (Å²) in [5.41, 5.74) is 1.83. The minimum absolute atomic E-state index is 0.0173. The summed E-state index contributed by atoms with van der Waals surface area (Å²) >= 11 is 0. The molecule has 8 nitrogen and oxygen atoms in total. The first kappa shape index (κ1) is 21.0. The molecule has 1 aromatic heterocycles. The molecule has 1 unspecified atom stereocenters. The second kappa shape index (κ2) is 9.65. The summed E-state index contributed by atoms with van der Waals surface area (Å²) in [6, 6.07) is 7.64. The molecular weight excluding hydrogens is 374 g/mol. The highest BCUT2D eigenvalue weighted by Gasteiger charge is 2.21. The molecule has 1 aliphatic rings. The lowest BCUT2D eigenvalue weighted by Gasteiger charge is -2.25. The van der Waals surface area contributed by atoms with Crippen molar-refractivity contribution < 1.29 is 24.1 Å². The second-order valence-corrected chi connectivity index (χ2v) is 7.14. The molecule has 2 heterocycles. The lowest BCUT2D eigenvalue weighted by molar-refractivity contribution is 0.124. The van der Waals surface area contributed by atoms with Crippen LogP contribution >= 0.6 is 0 Å². The molecular formula is C21H29N3O5. The maximum absolute atomic E-state index is 11.5. The van der Waals surface area contributed by atoms with Crippen LogP contribution in [-0.2, 0) is 11.3 Å². The number of rotatable bonds is 9. The number of amides is 1. The van der Waals surface area contributed by atoms with Crippen LogP contribution in [0.5, 0.6) is 11.5 Å². The van der Waals surface area contributed by atoms with E-state index in [1.165, 1.54) is 4.90 Å². The monoisotopic (exact) mass is 403 g/mol. The van der Waals surface area contributed by atoms with Gasteiger partial charge >= 0.3 is 6.09 Å². The first-order valence-corrected chi connectivity index (χ1v) is 9.97. The number of aromatic nitrogens is 2. The molecule has 1 aromatic carbocycles. The van der Waals surface area contributed by atoms with Crippen molar-refractivity contribution in [2.24, 2.45) is 0 Å². The number of carboxylic acid groups (broad SMARTS) is 1. The van der Waals surface area contributed by atoms with Crippen LogP contribution in [0, 0.1) is 0 Å². The van der Waals surface area contributed by atoms with Gasteiger partial charge in [-0.3, -0.25) is 4.68 Å². The summed E-state index contributed by atoms with van der Waals surface area (Å²) in [4.78, 5) is 13.0. The van der Waals surface area contributed by atoms with E-state index in [1.807, 2.05) is 42.8 Å². The highest BCUT2D eigenvalue weighted by atomic mass is 16.6. The molecule has 1 amide bonds. The minimum atomic E-state index is -0.910. The van der Waals surface area contributed by atoms with E-state index in [4.69, 9.17) is 14.2 Å². The zero-order valence-electron chi connectivity index (χ0n) is 17.2. The molecule has 0 bridgehead atoms. The topological polar surface area (TPSA) is 86.0 Å². The molecule has 0 spiro atoms. The molecule has 3 rings (SSSR count). The third kappa shape index (κ3) is 5.00. The van der Waals surface area contributed by atoms with Crippen molar-refractivity contribution in [3.05, 3.63) is 30.5 Å². The molecule has 2 aromatic rings. The fourth-order valence-corrected chi connectivity index (χ4v) is 3.40. The highest BCUT2D eigenvalue weighted by Crippen LogP contribution is 2.34. The van der Waals surface area contributed by atoms with Crippen molar-refractivity contribution in [2.45, 2.75) is 45.4 Å². The Balaban J connectivity index is 1.79. The number of carbonyl (C=O) groups is 1. The maximum Gasteiger partial charge on any atom is 0.407 e. The predicted octanol–water partition coefficient (Wildman–Crippen LogP) is 3.50. The Morgan fingerprint density at radius 1 is 1.41 bits per heavy atom. The van der Waals surface area contributed by atoms with Gasteiger partial charge in [0.1, 0.15) is 6.10 Å². The van der Waals surface area contributed by atoms with Crippen molar-refractivity contribution in [3.8, 4) is 22.8 Å². The molecule has 0 radical (unpaired) electrons. The van der Waals surface area contributed by atoms with Gasteiger partial charge in [-0.1, -0.05) is 6.92 Å². The third-order valence-corrected chi connectivity index (χ3v) is 5.28. The zero-order valence-corrected chi connectivity index (χ0v) is 17.2. The van der Waals surface area contributed by atoms with Gasteiger partial charge in [-0.2, -0.15) is 5.10 Å². The average Bonchev–Trinajstić information content (AvgIpc) is 3.39. The van der Waals surface area contributed by atoms with Crippen molar-refractivity contribution >= 4 is 6.09 Å². The smallest absolute Gasteiger partial charge is 0.407 e. The van der Waals surface area contributed by atoms with E-state index in [9.17, 15) is 9.90 Å². The summed E-state index contributed by atoms with van der Waals surface area (Å²) in [6.07, 6.45) is 2.45. The predicted molar refractivity (Wildman–Crippen MR) is 109 cm³/mol. The van der Waals surface area contributed by atoms with Gasteiger partial charge in [-0.05, 0) is 37.6 Å². The van der Waals surface area contributed by atoms with E-state index in [-0.39, 0.29) is 12.1 Å². The van der Waals surface area contributed by atoms with Gasteiger partial charge < -0.3 is 24.2 Å². The van der Waals surface area contributed by atoms with Gasteiger partial charge in [0.2, 0.25) is 0 Å². The largest absolute Gasteiger partial charge is 0.493 e. The van der Waals surface area contributed by atoms with Crippen LogP contribution in [0.15, 0.2) is 30.5 Å². The van der Waals surface area contributed by atoms with Gasteiger partial charge in [-0.25, -0.2) is 4.79 Å². The SMILES string of the molecule is CCC(C)N(CCn1nccc1-c1ccc(OC)c(O[C@@H]2CCOC2)c1)C(=O)O. The van der Waals surface area contributed by atoms with Gasteiger partial charge in [-0.15, -0.1) is 0 Å². The molecule has 8 heteroatoms. The molecule has 1 fully saturated rings. The second-order valence-electron chi connectivity index (χ2n) is 7.14. The Bertz CT molecular complexity index is 816. The first-order chi connectivity index (χ1) is 14.0. The zero-order chi connectivity index (χ0) is 20.8. The van der Waals surface area contributed by atoms with Crippen LogP contribution < -0.4 is 9.47 Å². The van der Waals surface area contributed by atoms with Crippen molar-refractivity contribution in [1.82, 2.24) is 14.7 Å². The van der Waals surface area contributed by atoms with Crippen LogP contribution in [0.4, 0.5) is 4.79 Å². The highest BCUT2D eigenvalue weighted by molar-refractivity contribution is 5.66. The molecule has 0 aliphatic carbocycles. The van der Waals surface area contributed by atoms with Crippen LogP contribution in [0.25, 0.3) is 11.3 Å². The van der Waals surface area contributed by atoms with Gasteiger partial charge in [0.25, 0.3) is 0 Å². The van der Waals surface area contributed by atoms with Crippen molar-refractivity contribution in [2.75, 3.05) is 26.9 Å². The van der Waals surface area contributed by atoms with Gasteiger partial charge in [0.15, 0.2) is 11.5 Å².